The molecule has 0 aromatic rings. The molecule has 1 aliphatic rings. The Morgan fingerprint density at radius 1 is 1.38 bits per heavy atom. The third kappa shape index (κ3) is 5.06. The first kappa shape index (κ1) is 10.7. The van der Waals surface area contributed by atoms with Crippen LogP contribution in [0.25, 0.3) is 0 Å². The Bertz CT molecular complexity index is 143. The van der Waals surface area contributed by atoms with Crippen molar-refractivity contribution in [1.82, 2.24) is 0 Å². The summed E-state index contributed by atoms with van der Waals surface area (Å²) in [6.45, 7) is 4.59. The monoisotopic (exact) mass is 184 g/mol. The standard InChI is InChI=1S/C11H20O2/c1-2-8-12-10-11-7-5-3-4-6-9-13-11/h3-4,11H,2,5-10H2,1H3/b4-3+/t11-/m1/s1. The van der Waals surface area contributed by atoms with Crippen LogP contribution in [-0.2, 0) is 9.47 Å². The summed E-state index contributed by atoms with van der Waals surface area (Å²) in [6, 6.07) is 0. The summed E-state index contributed by atoms with van der Waals surface area (Å²) in [7, 11) is 0. The second kappa shape index (κ2) is 7.10. The van der Waals surface area contributed by atoms with Gasteiger partial charge in [-0.3, -0.25) is 0 Å². The highest BCUT2D eigenvalue weighted by molar-refractivity contribution is 4.84. The summed E-state index contributed by atoms with van der Waals surface area (Å²) in [5.74, 6) is 0. The highest BCUT2D eigenvalue weighted by Gasteiger charge is 2.09. The Morgan fingerprint density at radius 2 is 2.23 bits per heavy atom. The van der Waals surface area contributed by atoms with Crippen molar-refractivity contribution in [2.45, 2.75) is 38.7 Å². The Kier molecular flexibility index (Phi) is 5.87. The molecule has 1 heterocycles. The van der Waals surface area contributed by atoms with Crippen LogP contribution < -0.4 is 0 Å². The average Bonchev–Trinajstić information content (AvgIpc) is 2.08. The van der Waals surface area contributed by atoms with Crippen LogP contribution in [0.3, 0.4) is 0 Å². The summed E-state index contributed by atoms with van der Waals surface area (Å²) < 4.78 is 11.1. The van der Waals surface area contributed by atoms with Crippen LogP contribution in [0.2, 0.25) is 0 Å². The van der Waals surface area contributed by atoms with Crippen molar-refractivity contribution in [2.75, 3.05) is 19.8 Å². The van der Waals surface area contributed by atoms with E-state index in [0.29, 0.717) is 6.10 Å². The van der Waals surface area contributed by atoms with E-state index >= 15 is 0 Å². The summed E-state index contributed by atoms with van der Waals surface area (Å²) in [5.41, 5.74) is 0. The molecule has 0 spiro atoms. The van der Waals surface area contributed by atoms with Gasteiger partial charge in [0.05, 0.1) is 19.3 Å². The SMILES string of the molecule is CCCOC[C@H]1CC/C=C/CCO1. The van der Waals surface area contributed by atoms with Crippen molar-refractivity contribution in [1.29, 1.82) is 0 Å². The van der Waals surface area contributed by atoms with Crippen molar-refractivity contribution in [3.05, 3.63) is 12.2 Å². The van der Waals surface area contributed by atoms with E-state index in [9.17, 15) is 0 Å². The number of rotatable bonds is 4. The van der Waals surface area contributed by atoms with Gasteiger partial charge in [0.25, 0.3) is 0 Å². The smallest absolute Gasteiger partial charge is 0.0811 e. The van der Waals surface area contributed by atoms with Gasteiger partial charge < -0.3 is 9.47 Å². The lowest BCUT2D eigenvalue weighted by molar-refractivity contribution is -0.0193. The molecule has 76 valence electrons. The molecular weight excluding hydrogens is 164 g/mol. The highest BCUT2D eigenvalue weighted by Crippen LogP contribution is 2.08. The summed E-state index contributed by atoms with van der Waals surface area (Å²) >= 11 is 0. The first-order valence-corrected chi connectivity index (χ1v) is 5.28. The molecule has 0 unspecified atom stereocenters. The maximum atomic E-state index is 5.65. The fraction of sp³-hybridized carbons (Fsp3) is 0.818. The molecule has 0 N–H and O–H groups in total. The first-order valence-electron chi connectivity index (χ1n) is 5.28. The molecule has 2 nitrogen and oxygen atoms in total. The van der Waals surface area contributed by atoms with Crippen LogP contribution in [-0.4, -0.2) is 25.9 Å². The fourth-order valence-corrected chi connectivity index (χ4v) is 1.39. The van der Waals surface area contributed by atoms with Gasteiger partial charge in [0.2, 0.25) is 0 Å². The second-order valence-corrected chi connectivity index (χ2v) is 3.41. The largest absolute Gasteiger partial charge is 0.379 e. The van der Waals surface area contributed by atoms with E-state index in [0.717, 1.165) is 45.5 Å². The maximum absolute atomic E-state index is 5.65. The van der Waals surface area contributed by atoms with Crippen molar-refractivity contribution < 1.29 is 9.47 Å². The molecule has 0 radical (unpaired) electrons. The quantitative estimate of drug-likeness (QED) is 0.494. The van der Waals surface area contributed by atoms with Gasteiger partial charge >= 0.3 is 0 Å². The van der Waals surface area contributed by atoms with Crippen LogP contribution in [0, 0.1) is 0 Å². The normalized spacial score (nSPS) is 26.4. The van der Waals surface area contributed by atoms with Gasteiger partial charge in [0, 0.05) is 6.61 Å². The van der Waals surface area contributed by atoms with Crippen molar-refractivity contribution in [3.63, 3.8) is 0 Å². The first-order chi connectivity index (χ1) is 6.43. The Morgan fingerprint density at radius 3 is 3.08 bits per heavy atom. The van der Waals surface area contributed by atoms with Gasteiger partial charge in [-0.1, -0.05) is 19.1 Å². The van der Waals surface area contributed by atoms with E-state index < -0.39 is 0 Å². The van der Waals surface area contributed by atoms with Gasteiger partial charge in [-0.05, 0) is 25.7 Å². The summed E-state index contributed by atoms with van der Waals surface area (Å²) in [5, 5.41) is 0. The van der Waals surface area contributed by atoms with Crippen molar-refractivity contribution >= 4 is 0 Å². The number of ether oxygens (including phenoxy) is 2. The molecule has 13 heavy (non-hydrogen) atoms. The molecule has 0 aromatic carbocycles. The Hall–Kier alpha value is -0.340. The van der Waals surface area contributed by atoms with Gasteiger partial charge in [0.1, 0.15) is 0 Å². The molecule has 1 aliphatic heterocycles. The van der Waals surface area contributed by atoms with Crippen molar-refractivity contribution in [3.8, 4) is 0 Å². The van der Waals surface area contributed by atoms with E-state index in [1.54, 1.807) is 0 Å². The number of allylic oxidation sites excluding steroid dienone is 1. The zero-order valence-corrected chi connectivity index (χ0v) is 8.50. The predicted octanol–water partition coefficient (Wildman–Crippen LogP) is 2.54. The van der Waals surface area contributed by atoms with E-state index in [4.69, 9.17) is 9.47 Å². The van der Waals surface area contributed by atoms with Crippen LogP contribution in [0.5, 0.6) is 0 Å². The van der Waals surface area contributed by atoms with Gasteiger partial charge in [0.15, 0.2) is 0 Å². The molecule has 0 bridgehead atoms. The van der Waals surface area contributed by atoms with E-state index in [2.05, 4.69) is 19.1 Å². The molecule has 0 aromatic heterocycles. The molecular formula is C11H20O2. The number of hydrogen-bond donors (Lipinski definition) is 0. The Balaban J connectivity index is 2.12. The van der Waals surface area contributed by atoms with Crippen molar-refractivity contribution in [2.24, 2.45) is 0 Å². The molecule has 0 amide bonds. The molecule has 2 heteroatoms. The zero-order chi connectivity index (χ0) is 9.36. The minimum absolute atomic E-state index is 0.316. The van der Waals surface area contributed by atoms with Crippen LogP contribution in [0.4, 0.5) is 0 Å². The minimum Gasteiger partial charge on any atom is -0.379 e. The van der Waals surface area contributed by atoms with E-state index in [-0.39, 0.29) is 0 Å². The molecule has 1 atom stereocenters. The fourth-order valence-electron chi connectivity index (χ4n) is 1.39. The van der Waals surface area contributed by atoms with Crippen LogP contribution in [0.1, 0.15) is 32.6 Å². The average molecular weight is 184 g/mol. The lowest BCUT2D eigenvalue weighted by Crippen LogP contribution is -2.21. The minimum atomic E-state index is 0.316. The van der Waals surface area contributed by atoms with Crippen LogP contribution >= 0.6 is 0 Å². The van der Waals surface area contributed by atoms with Gasteiger partial charge in [-0.2, -0.15) is 0 Å². The maximum Gasteiger partial charge on any atom is 0.0811 e. The summed E-state index contributed by atoms with van der Waals surface area (Å²) in [6.07, 6.45) is 9.12. The molecule has 0 saturated carbocycles. The van der Waals surface area contributed by atoms with Gasteiger partial charge in [-0.15, -0.1) is 0 Å². The second-order valence-electron chi connectivity index (χ2n) is 3.41. The topological polar surface area (TPSA) is 18.5 Å². The summed E-state index contributed by atoms with van der Waals surface area (Å²) in [4.78, 5) is 0. The molecule has 0 aliphatic carbocycles. The molecule has 0 saturated heterocycles. The molecule has 0 fully saturated rings. The molecule has 1 rings (SSSR count). The zero-order valence-electron chi connectivity index (χ0n) is 8.50. The van der Waals surface area contributed by atoms with Crippen LogP contribution in [0.15, 0.2) is 12.2 Å². The third-order valence-corrected chi connectivity index (χ3v) is 2.11. The lowest BCUT2D eigenvalue weighted by atomic mass is 10.1. The van der Waals surface area contributed by atoms with Gasteiger partial charge in [-0.25, -0.2) is 0 Å². The van der Waals surface area contributed by atoms with E-state index in [1.165, 1.54) is 0 Å². The number of hydrogen-bond acceptors (Lipinski definition) is 2. The highest BCUT2D eigenvalue weighted by atomic mass is 16.5. The Labute approximate surface area is 80.9 Å². The lowest BCUT2D eigenvalue weighted by Gasteiger charge is -2.18. The van der Waals surface area contributed by atoms with E-state index in [1.807, 2.05) is 0 Å². The third-order valence-electron chi connectivity index (χ3n) is 2.11. The predicted molar refractivity (Wildman–Crippen MR) is 53.8 cm³/mol.